The lowest BCUT2D eigenvalue weighted by Crippen LogP contribution is -2.50. The molecule has 0 saturated carbocycles. The number of rotatable bonds is 8. The summed E-state index contributed by atoms with van der Waals surface area (Å²) in [5.74, 6) is -0.378. The van der Waals surface area contributed by atoms with E-state index in [9.17, 15) is 13.2 Å². The Morgan fingerprint density at radius 3 is 2.29 bits per heavy atom. The van der Waals surface area contributed by atoms with E-state index in [1.165, 1.54) is 23.8 Å². The molecule has 152 valence electrons. The maximum Gasteiger partial charge on any atom is 0.243 e. The molecule has 28 heavy (non-hydrogen) atoms. The number of halogens is 2. The van der Waals surface area contributed by atoms with Gasteiger partial charge < -0.3 is 5.32 Å². The first kappa shape index (κ1) is 22.5. The summed E-state index contributed by atoms with van der Waals surface area (Å²) in [5, 5.41) is 3.42. The molecule has 2 aromatic carbocycles. The Labute approximate surface area is 176 Å². The maximum atomic E-state index is 12.7. The molecule has 2 aromatic rings. The Bertz CT molecular complexity index is 920. The first-order valence-corrected chi connectivity index (χ1v) is 11.5. The number of sulfonamides is 1. The Kier molecular flexibility index (Phi) is 7.75. The lowest BCUT2D eigenvalue weighted by Gasteiger charge is -2.29. The lowest BCUT2D eigenvalue weighted by molar-refractivity contribution is -0.122. The van der Waals surface area contributed by atoms with Crippen molar-refractivity contribution < 1.29 is 13.2 Å². The van der Waals surface area contributed by atoms with Crippen LogP contribution in [0, 0.1) is 0 Å². The minimum absolute atomic E-state index is 0.106. The highest BCUT2D eigenvalue weighted by Crippen LogP contribution is 2.29. The molecule has 2 atom stereocenters. The summed E-state index contributed by atoms with van der Waals surface area (Å²) >= 11 is 11.9. The van der Waals surface area contributed by atoms with Crippen LogP contribution in [-0.2, 0) is 21.2 Å². The molecule has 8 heteroatoms. The first-order valence-electron chi connectivity index (χ1n) is 8.88. The maximum absolute atomic E-state index is 12.7. The van der Waals surface area contributed by atoms with Crippen LogP contribution in [0.25, 0.3) is 0 Å². The van der Waals surface area contributed by atoms with Crippen molar-refractivity contribution in [3.05, 3.63) is 64.1 Å². The number of benzene rings is 2. The van der Waals surface area contributed by atoms with Crippen molar-refractivity contribution in [2.75, 3.05) is 10.6 Å². The average molecular weight is 443 g/mol. The minimum atomic E-state index is -3.71. The lowest BCUT2D eigenvalue weighted by atomic mass is 10.1. The molecule has 0 saturated heterocycles. The van der Waals surface area contributed by atoms with Gasteiger partial charge in [0.25, 0.3) is 0 Å². The number of carbonyl (C=O) groups excluding carboxylic acids is 1. The van der Waals surface area contributed by atoms with Gasteiger partial charge in [-0.15, -0.1) is 0 Å². The molecular weight excluding hydrogens is 419 g/mol. The monoisotopic (exact) mass is 442 g/mol. The molecule has 0 radical (unpaired) electrons. The van der Waals surface area contributed by atoms with Crippen molar-refractivity contribution in [3.63, 3.8) is 0 Å². The van der Waals surface area contributed by atoms with E-state index in [1.807, 2.05) is 37.3 Å². The second-order valence-corrected chi connectivity index (χ2v) is 9.44. The van der Waals surface area contributed by atoms with Crippen LogP contribution in [0.15, 0.2) is 48.5 Å². The molecule has 0 spiro atoms. The van der Waals surface area contributed by atoms with Gasteiger partial charge in [0.05, 0.1) is 22.0 Å². The first-order chi connectivity index (χ1) is 13.1. The normalized spacial score (nSPS) is 13.6. The molecule has 5 nitrogen and oxygen atoms in total. The summed E-state index contributed by atoms with van der Waals surface area (Å²) in [6.45, 7) is 3.44. The molecule has 0 bridgehead atoms. The SMILES string of the molecule is C[C@H](CCc1ccccc1)NC(=O)[C@@H](C)N(c1ccc(Cl)c(Cl)c1)S(C)(=O)=O. The van der Waals surface area contributed by atoms with Gasteiger partial charge in [-0.2, -0.15) is 0 Å². The van der Waals surface area contributed by atoms with Crippen LogP contribution in [0.1, 0.15) is 25.8 Å². The Balaban J connectivity index is 2.09. The van der Waals surface area contributed by atoms with Gasteiger partial charge in [0.1, 0.15) is 6.04 Å². The fraction of sp³-hybridized carbons (Fsp3) is 0.350. The fourth-order valence-corrected chi connectivity index (χ4v) is 4.35. The van der Waals surface area contributed by atoms with E-state index in [-0.39, 0.29) is 22.7 Å². The largest absolute Gasteiger partial charge is 0.352 e. The van der Waals surface area contributed by atoms with Gasteiger partial charge >= 0.3 is 0 Å². The van der Waals surface area contributed by atoms with Crippen LogP contribution in [0.3, 0.4) is 0 Å². The molecule has 0 fully saturated rings. The van der Waals surface area contributed by atoms with Crippen LogP contribution in [0.2, 0.25) is 10.0 Å². The van der Waals surface area contributed by atoms with Crippen LogP contribution >= 0.6 is 23.2 Å². The predicted molar refractivity (Wildman–Crippen MR) is 116 cm³/mol. The number of carbonyl (C=O) groups is 1. The van der Waals surface area contributed by atoms with Crippen molar-refractivity contribution in [3.8, 4) is 0 Å². The molecule has 1 amide bonds. The predicted octanol–water partition coefficient (Wildman–Crippen LogP) is 4.29. The van der Waals surface area contributed by atoms with Gasteiger partial charge in [-0.05, 0) is 50.5 Å². The van der Waals surface area contributed by atoms with E-state index in [4.69, 9.17) is 23.2 Å². The number of aryl methyl sites for hydroxylation is 1. The molecule has 1 N–H and O–H groups in total. The minimum Gasteiger partial charge on any atom is -0.352 e. The standard InChI is InChI=1S/C20H24Cl2N2O3S/c1-14(9-10-16-7-5-4-6-8-16)23-20(25)15(2)24(28(3,26)27)17-11-12-18(21)19(22)13-17/h4-8,11-15H,9-10H2,1-3H3,(H,23,25)/t14-,15-/m1/s1. The molecule has 0 aliphatic heterocycles. The number of hydrogen-bond acceptors (Lipinski definition) is 3. The van der Waals surface area contributed by atoms with Crippen LogP contribution in [0.5, 0.6) is 0 Å². The quantitative estimate of drug-likeness (QED) is 0.662. The summed E-state index contributed by atoms with van der Waals surface area (Å²) in [5.41, 5.74) is 1.47. The van der Waals surface area contributed by atoms with E-state index in [0.29, 0.717) is 5.02 Å². The third kappa shape index (κ3) is 6.12. The van der Waals surface area contributed by atoms with Crippen LogP contribution in [0.4, 0.5) is 5.69 Å². The van der Waals surface area contributed by atoms with E-state index in [0.717, 1.165) is 23.4 Å². The smallest absolute Gasteiger partial charge is 0.243 e. The van der Waals surface area contributed by atoms with Gasteiger partial charge in [0, 0.05) is 6.04 Å². The van der Waals surface area contributed by atoms with Crippen molar-refractivity contribution in [1.29, 1.82) is 0 Å². The number of anilines is 1. The summed E-state index contributed by atoms with van der Waals surface area (Å²) in [4.78, 5) is 12.7. The van der Waals surface area contributed by atoms with Crippen molar-refractivity contribution in [2.24, 2.45) is 0 Å². The van der Waals surface area contributed by atoms with E-state index >= 15 is 0 Å². The molecule has 0 unspecified atom stereocenters. The van der Waals surface area contributed by atoms with E-state index in [1.54, 1.807) is 6.92 Å². The fourth-order valence-electron chi connectivity index (χ4n) is 2.89. The van der Waals surface area contributed by atoms with Crippen LogP contribution < -0.4 is 9.62 Å². The van der Waals surface area contributed by atoms with Gasteiger partial charge in [-0.25, -0.2) is 8.42 Å². The second-order valence-electron chi connectivity index (χ2n) is 6.77. The van der Waals surface area contributed by atoms with Crippen molar-refractivity contribution in [1.82, 2.24) is 5.32 Å². The van der Waals surface area contributed by atoms with E-state index in [2.05, 4.69) is 5.32 Å². The number of amides is 1. The van der Waals surface area contributed by atoms with Gasteiger partial charge in [0.2, 0.25) is 15.9 Å². The van der Waals surface area contributed by atoms with Gasteiger partial charge in [-0.3, -0.25) is 9.10 Å². The van der Waals surface area contributed by atoms with E-state index < -0.39 is 16.1 Å². The topological polar surface area (TPSA) is 66.5 Å². The Morgan fingerprint density at radius 2 is 1.71 bits per heavy atom. The number of nitrogens with one attached hydrogen (secondary N) is 1. The molecule has 2 rings (SSSR count). The van der Waals surface area contributed by atoms with Gasteiger partial charge in [0.15, 0.2) is 0 Å². The molecule has 0 aliphatic rings. The molecule has 0 aliphatic carbocycles. The summed E-state index contributed by atoms with van der Waals surface area (Å²) in [6.07, 6.45) is 2.62. The third-order valence-electron chi connectivity index (χ3n) is 4.34. The zero-order valence-corrected chi connectivity index (χ0v) is 18.4. The summed E-state index contributed by atoms with van der Waals surface area (Å²) in [6, 6.07) is 13.4. The third-order valence-corrected chi connectivity index (χ3v) is 6.32. The number of hydrogen-bond donors (Lipinski definition) is 1. The van der Waals surface area contributed by atoms with Gasteiger partial charge in [-0.1, -0.05) is 53.5 Å². The zero-order chi connectivity index (χ0) is 20.9. The zero-order valence-electron chi connectivity index (χ0n) is 16.0. The Hall–Kier alpha value is -1.76. The second kappa shape index (κ2) is 9.63. The number of nitrogens with zero attached hydrogens (tertiary/aromatic N) is 1. The Morgan fingerprint density at radius 1 is 1.07 bits per heavy atom. The van der Waals surface area contributed by atoms with Crippen molar-refractivity contribution in [2.45, 2.75) is 38.8 Å². The average Bonchev–Trinajstić information content (AvgIpc) is 2.62. The molecule has 0 heterocycles. The molecule has 0 aromatic heterocycles. The highest BCUT2D eigenvalue weighted by Gasteiger charge is 2.30. The highest BCUT2D eigenvalue weighted by molar-refractivity contribution is 7.92. The van der Waals surface area contributed by atoms with Crippen LogP contribution in [-0.4, -0.2) is 32.7 Å². The highest BCUT2D eigenvalue weighted by atomic mass is 35.5. The van der Waals surface area contributed by atoms with Crippen molar-refractivity contribution >= 4 is 44.8 Å². The summed E-state index contributed by atoms with van der Waals surface area (Å²) < 4.78 is 25.7. The summed E-state index contributed by atoms with van der Waals surface area (Å²) in [7, 11) is -3.71. The molecular formula is C20H24Cl2N2O3S.